The predicted octanol–water partition coefficient (Wildman–Crippen LogP) is 3.43. The predicted molar refractivity (Wildman–Crippen MR) is 72.1 cm³/mol. The smallest absolute Gasteiger partial charge is 0.200 e. The molecule has 0 bridgehead atoms. The van der Waals surface area contributed by atoms with Gasteiger partial charge in [-0.05, 0) is 26.0 Å². The second-order valence-electron chi connectivity index (χ2n) is 4.85. The third kappa shape index (κ3) is 1.59. The molecule has 0 atom stereocenters. The molecule has 1 heteroatoms. The number of fused-ring (bicyclic) bond motifs is 3. The van der Waals surface area contributed by atoms with Crippen LogP contribution in [0.4, 0.5) is 0 Å². The summed E-state index contributed by atoms with van der Waals surface area (Å²) in [6.07, 6.45) is 2.21. The number of benzene rings is 2. The number of nitrogens with zero attached hydrogens (tertiary/aromatic N) is 1. The molecule has 84 valence electrons. The van der Waals surface area contributed by atoms with Gasteiger partial charge in [0, 0.05) is 16.8 Å². The third-order valence-corrected chi connectivity index (χ3v) is 3.36. The number of aromatic nitrogens is 1. The summed E-state index contributed by atoms with van der Waals surface area (Å²) in [4.78, 5) is 0. The van der Waals surface area contributed by atoms with Crippen LogP contribution in [0, 0.1) is 13.8 Å². The Labute approximate surface area is 101 Å². The maximum Gasteiger partial charge on any atom is 0.212 e. The highest BCUT2D eigenvalue weighted by Gasteiger charge is 2.09. The van der Waals surface area contributed by atoms with Crippen LogP contribution in [-0.4, -0.2) is 0 Å². The zero-order valence-corrected chi connectivity index (χ0v) is 10.5. The first-order valence-electron chi connectivity index (χ1n) is 5.94. The van der Waals surface area contributed by atoms with E-state index >= 15 is 0 Å². The Morgan fingerprint density at radius 1 is 0.824 bits per heavy atom. The summed E-state index contributed by atoms with van der Waals surface area (Å²) < 4.78 is 2.20. The van der Waals surface area contributed by atoms with Crippen molar-refractivity contribution in [1.82, 2.24) is 0 Å². The van der Waals surface area contributed by atoms with Gasteiger partial charge in [0.2, 0.25) is 5.52 Å². The Morgan fingerprint density at radius 2 is 1.53 bits per heavy atom. The molecule has 0 saturated heterocycles. The first kappa shape index (κ1) is 10.3. The van der Waals surface area contributed by atoms with E-state index in [0.29, 0.717) is 0 Å². The van der Waals surface area contributed by atoms with Crippen LogP contribution in [0.3, 0.4) is 0 Å². The van der Waals surface area contributed by atoms with Gasteiger partial charge in [0.1, 0.15) is 7.05 Å². The molecule has 0 N–H and O–H groups in total. The van der Waals surface area contributed by atoms with Crippen LogP contribution in [-0.2, 0) is 7.05 Å². The zero-order chi connectivity index (χ0) is 12.0. The lowest BCUT2D eigenvalue weighted by atomic mass is 10.0. The van der Waals surface area contributed by atoms with E-state index in [1.54, 1.807) is 0 Å². The van der Waals surface area contributed by atoms with Crippen LogP contribution in [0.2, 0.25) is 0 Å². The Kier molecular flexibility index (Phi) is 2.15. The highest BCUT2D eigenvalue weighted by Crippen LogP contribution is 2.24. The standard InChI is InChI=1S/C16H16N/c1-11-4-6-14-13(8-11)10-17(3)16-7-5-12(2)9-15(14)16/h4-10H,1-3H3/q+1. The summed E-state index contributed by atoms with van der Waals surface area (Å²) >= 11 is 0. The molecule has 0 saturated carbocycles. The van der Waals surface area contributed by atoms with Crippen molar-refractivity contribution in [3.63, 3.8) is 0 Å². The van der Waals surface area contributed by atoms with Gasteiger partial charge >= 0.3 is 0 Å². The summed E-state index contributed by atoms with van der Waals surface area (Å²) in [5, 5.41) is 3.99. The van der Waals surface area contributed by atoms with Crippen LogP contribution in [0.25, 0.3) is 21.7 Å². The number of aryl methyl sites for hydroxylation is 3. The van der Waals surface area contributed by atoms with Crippen molar-refractivity contribution in [2.75, 3.05) is 0 Å². The zero-order valence-electron chi connectivity index (χ0n) is 10.5. The van der Waals surface area contributed by atoms with E-state index in [1.165, 1.54) is 32.8 Å². The minimum absolute atomic E-state index is 1.28. The largest absolute Gasteiger partial charge is 0.212 e. The summed E-state index contributed by atoms with van der Waals surface area (Å²) in [5.74, 6) is 0. The second-order valence-corrected chi connectivity index (χ2v) is 4.85. The van der Waals surface area contributed by atoms with E-state index in [9.17, 15) is 0 Å². The average Bonchev–Trinajstić information content (AvgIpc) is 2.28. The minimum Gasteiger partial charge on any atom is -0.200 e. The summed E-state index contributed by atoms with van der Waals surface area (Å²) in [5.41, 5.74) is 3.90. The lowest BCUT2D eigenvalue weighted by Gasteiger charge is -2.04. The molecular weight excluding hydrogens is 206 g/mol. The van der Waals surface area contributed by atoms with Gasteiger partial charge in [-0.3, -0.25) is 0 Å². The Balaban J connectivity index is 2.57. The maximum atomic E-state index is 2.27. The number of rotatable bonds is 0. The van der Waals surface area contributed by atoms with E-state index in [1.807, 2.05) is 0 Å². The van der Waals surface area contributed by atoms with Crippen molar-refractivity contribution < 1.29 is 4.57 Å². The lowest BCUT2D eigenvalue weighted by molar-refractivity contribution is -0.643. The summed E-state index contributed by atoms with van der Waals surface area (Å²) in [7, 11) is 2.11. The molecule has 0 unspecified atom stereocenters. The quantitative estimate of drug-likeness (QED) is 0.405. The van der Waals surface area contributed by atoms with Gasteiger partial charge in [-0.1, -0.05) is 29.3 Å². The van der Waals surface area contributed by atoms with Crippen LogP contribution in [0.1, 0.15) is 11.1 Å². The van der Waals surface area contributed by atoms with Gasteiger partial charge in [-0.2, -0.15) is 0 Å². The fourth-order valence-electron chi connectivity index (χ4n) is 2.49. The van der Waals surface area contributed by atoms with E-state index in [-0.39, 0.29) is 0 Å². The van der Waals surface area contributed by atoms with Gasteiger partial charge in [-0.15, -0.1) is 0 Å². The molecule has 3 aromatic rings. The third-order valence-electron chi connectivity index (χ3n) is 3.36. The van der Waals surface area contributed by atoms with Crippen LogP contribution in [0.5, 0.6) is 0 Å². The van der Waals surface area contributed by atoms with Crippen molar-refractivity contribution in [1.29, 1.82) is 0 Å². The Morgan fingerprint density at radius 3 is 2.35 bits per heavy atom. The van der Waals surface area contributed by atoms with Gasteiger partial charge in [0.15, 0.2) is 6.20 Å². The molecule has 0 radical (unpaired) electrons. The molecule has 17 heavy (non-hydrogen) atoms. The second kappa shape index (κ2) is 3.56. The van der Waals surface area contributed by atoms with Crippen molar-refractivity contribution in [3.05, 3.63) is 53.7 Å². The normalized spacial score (nSPS) is 11.2. The number of hydrogen-bond donors (Lipinski definition) is 0. The highest BCUT2D eigenvalue weighted by molar-refractivity contribution is 6.04. The molecule has 0 aliphatic heterocycles. The molecule has 3 rings (SSSR count). The van der Waals surface area contributed by atoms with Gasteiger partial charge in [0.05, 0.1) is 5.39 Å². The maximum absolute atomic E-state index is 2.27. The van der Waals surface area contributed by atoms with Crippen LogP contribution in [0.15, 0.2) is 42.6 Å². The van der Waals surface area contributed by atoms with Gasteiger partial charge in [0.25, 0.3) is 0 Å². The van der Waals surface area contributed by atoms with Crippen molar-refractivity contribution in [2.45, 2.75) is 13.8 Å². The van der Waals surface area contributed by atoms with E-state index in [2.05, 4.69) is 68.1 Å². The molecule has 0 aliphatic rings. The van der Waals surface area contributed by atoms with Crippen LogP contribution < -0.4 is 4.57 Å². The van der Waals surface area contributed by atoms with E-state index < -0.39 is 0 Å². The number of pyridine rings is 1. The molecule has 0 fully saturated rings. The molecule has 1 nitrogen and oxygen atoms in total. The van der Waals surface area contributed by atoms with Crippen LogP contribution >= 0.6 is 0 Å². The van der Waals surface area contributed by atoms with E-state index in [0.717, 1.165) is 0 Å². The van der Waals surface area contributed by atoms with Crippen molar-refractivity contribution in [2.24, 2.45) is 7.05 Å². The first-order valence-corrected chi connectivity index (χ1v) is 5.94. The fourth-order valence-corrected chi connectivity index (χ4v) is 2.49. The number of hydrogen-bond acceptors (Lipinski definition) is 0. The molecule has 0 spiro atoms. The highest BCUT2D eigenvalue weighted by atomic mass is 14.9. The minimum atomic E-state index is 1.28. The molecule has 0 amide bonds. The summed E-state index contributed by atoms with van der Waals surface area (Å²) in [6.45, 7) is 4.28. The SMILES string of the molecule is Cc1ccc2c(c1)c[n+](C)c1ccc(C)cc21. The fraction of sp³-hybridized carbons (Fsp3) is 0.188. The Hall–Kier alpha value is -1.89. The van der Waals surface area contributed by atoms with Crippen molar-refractivity contribution >= 4 is 21.7 Å². The van der Waals surface area contributed by atoms with Crippen molar-refractivity contribution in [3.8, 4) is 0 Å². The Bertz CT molecular complexity index is 726. The van der Waals surface area contributed by atoms with Gasteiger partial charge in [-0.25, -0.2) is 4.57 Å². The topological polar surface area (TPSA) is 3.88 Å². The molecule has 2 aromatic carbocycles. The van der Waals surface area contributed by atoms with E-state index in [4.69, 9.17) is 0 Å². The molecular formula is C16H16N+. The average molecular weight is 222 g/mol. The van der Waals surface area contributed by atoms with Gasteiger partial charge < -0.3 is 0 Å². The lowest BCUT2D eigenvalue weighted by Crippen LogP contribution is -2.28. The summed E-state index contributed by atoms with van der Waals surface area (Å²) in [6, 6.07) is 13.3. The molecule has 1 heterocycles. The first-order chi connectivity index (χ1) is 8.15. The molecule has 0 aliphatic carbocycles. The monoisotopic (exact) mass is 222 g/mol. The molecule has 1 aromatic heterocycles.